The van der Waals surface area contributed by atoms with Gasteiger partial charge in [-0.25, -0.2) is 0 Å². The van der Waals surface area contributed by atoms with Gasteiger partial charge < -0.3 is 20.5 Å². The molecule has 0 spiro atoms. The minimum atomic E-state index is -0.902. The van der Waals surface area contributed by atoms with E-state index in [1.54, 1.807) is 14.0 Å². The number of rotatable bonds is 7. The minimum Gasteiger partial charge on any atom is -0.388 e. The molecule has 0 aromatic carbocycles. The van der Waals surface area contributed by atoms with E-state index in [4.69, 9.17) is 4.74 Å². The Morgan fingerprint density at radius 3 is 3.06 bits per heavy atom. The van der Waals surface area contributed by atoms with Gasteiger partial charge in [0.05, 0.1) is 5.60 Å². The van der Waals surface area contributed by atoms with E-state index in [0.717, 1.165) is 18.1 Å². The van der Waals surface area contributed by atoms with Gasteiger partial charge in [0, 0.05) is 57.2 Å². The SMILES string of the molecule is COCCC(C)(O)CNC(=O)CC1CSCCN1. The second-order valence-electron chi connectivity index (χ2n) is 4.95. The summed E-state index contributed by atoms with van der Waals surface area (Å²) >= 11 is 1.87. The lowest BCUT2D eigenvalue weighted by Gasteiger charge is -2.25. The summed E-state index contributed by atoms with van der Waals surface area (Å²) in [5.74, 6) is 2.09. The van der Waals surface area contributed by atoms with Crippen molar-refractivity contribution < 1.29 is 14.6 Å². The van der Waals surface area contributed by atoms with E-state index in [1.165, 1.54) is 0 Å². The van der Waals surface area contributed by atoms with E-state index in [0.29, 0.717) is 19.4 Å². The number of ether oxygens (including phenoxy) is 1. The first-order chi connectivity index (χ1) is 8.53. The lowest BCUT2D eigenvalue weighted by Crippen LogP contribution is -2.45. The number of carbonyl (C=O) groups is 1. The number of hydrogen-bond acceptors (Lipinski definition) is 5. The van der Waals surface area contributed by atoms with Gasteiger partial charge in [0.25, 0.3) is 0 Å². The largest absolute Gasteiger partial charge is 0.388 e. The summed E-state index contributed by atoms with van der Waals surface area (Å²) in [7, 11) is 1.60. The number of thioether (sulfide) groups is 1. The Labute approximate surface area is 113 Å². The van der Waals surface area contributed by atoms with E-state index in [1.807, 2.05) is 11.8 Å². The van der Waals surface area contributed by atoms with Crippen LogP contribution in [0, 0.1) is 0 Å². The summed E-state index contributed by atoms with van der Waals surface area (Å²) in [6.07, 6.45) is 0.995. The van der Waals surface area contributed by atoms with Crippen LogP contribution in [0.25, 0.3) is 0 Å². The van der Waals surface area contributed by atoms with Crippen LogP contribution in [0.4, 0.5) is 0 Å². The maximum atomic E-state index is 11.7. The average molecular weight is 276 g/mol. The third kappa shape index (κ3) is 6.58. The molecule has 1 amide bonds. The Balaban J connectivity index is 2.19. The van der Waals surface area contributed by atoms with Gasteiger partial charge in [-0.15, -0.1) is 0 Å². The van der Waals surface area contributed by atoms with Gasteiger partial charge >= 0.3 is 0 Å². The highest BCUT2D eigenvalue weighted by molar-refractivity contribution is 7.99. The Morgan fingerprint density at radius 2 is 2.44 bits per heavy atom. The van der Waals surface area contributed by atoms with Gasteiger partial charge in [0.2, 0.25) is 5.91 Å². The predicted molar refractivity (Wildman–Crippen MR) is 73.9 cm³/mol. The summed E-state index contributed by atoms with van der Waals surface area (Å²) in [4.78, 5) is 11.7. The number of aliphatic hydroxyl groups is 1. The number of carbonyl (C=O) groups excluding carboxylic acids is 1. The predicted octanol–water partition coefficient (Wildman–Crippen LogP) is -0.0148. The smallest absolute Gasteiger partial charge is 0.221 e. The molecule has 0 aliphatic carbocycles. The van der Waals surface area contributed by atoms with E-state index in [9.17, 15) is 9.90 Å². The molecule has 2 atom stereocenters. The fraction of sp³-hybridized carbons (Fsp3) is 0.917. The molecule has 0 radical (unpaired) electrons. The second kappa shape index (κ2) is 7.99. The molecule has 5 nitrogen and oxygen atoms in total. The second-order valence-corrected chi connectivity index (χ2v) is 6.10. The highest BCUT2D eigenvalue weighted by atomic mass is 32.2. The normalized spacial score (nSPS) is 23.4. The van der Waals surface area contributed by atoms with Gasteiger partial charge in [0.15, 0.2) is 0 Å². The first kappa shape index (κ1) is 15.8. The van der Waals surface area contributed by atoms with Crippen molar-refractivity contribution in [2.24, 2.45) is 0 Å². The molecule has 1 rings (SSSR count). The van der Waals surface area contributed by atoms with Crippen molar-refractivity contribution >= 4 is 17.7 Å². The first-order valence-electron chi connectivity index (χ1n) is 6.32. The van der Waals surface area contributed by atoms with Gasteiger partial charge in [-0.05, 0) is 6.92 Å². The Morgan fingerprint density at radius 1 is 1.67 bits per heavy atom. The molecular formula is C12H24N2O3S. The number of amides is 1. The maximum absolute atomic E-state index is 11.7. The molecule has 106 valence electrons. The summed E-state index contributed by atoms with van der Waals surface area (Å²) in [6.45, 7) is 3.44. The molecule has 1 saturated heterocycles. The van der Waals surface area contributed by atoms with Crippen LogP contribution in [-0.2, 0) is 9.53 Å². The number of methoxy groups -OCH3 is 1. The summed E-state index contributed by atoms with van der Waals surface area (Å²) in [6, 6.07) is 0.257. The standard InChI is InChI=1S/C12H24N2O3S/c1-12(16,3-5-17-2)9-14-11(15)7-10-8-18-6-4-13-10/h10,13,16H,3-9H2,1-2H3,(H,14,15). The Kier molecular flexibility index (Phi) is 6.99. The third-order valence-corrected chi connectivity index (χ3v) is 4.07. The van der Waals surface area contributed by atoms with Crippen molar-refractivity contribution in [2.75, 3.05) is 38.3 Å². The highest BCUT2D eigenvalue weighted by Crippen LogP contribution is 2.11. The highest BCUT2D eigenvalue weighted by Gasteiger charge is 2.22. The van der Waals surface area contributed by atoms with Crippen LogP contribution >= 0.6 is 11.8 Å². The van der Waals surface area contributed by atoms with E-state index >= 15 is 0 Å². The monoisotopic (exact) mass is 276 g/mol. The molecule has 0 saturated carbocycles. The number of nitrogens with one attached hydrogen (secondary N) is 2. The summed E-state index contributed by atoms with van der Waals surface area (Å²) < 4.78 is 4.92. The van der Waals surface area contributed by atoms with Crippen molar-refractivity contribution in [1.82, 2.24) is 10.6 Å². The summed E-state index contributed by atoms with van der Waals surface area (Å²) in [5, 5.41) is 16.1. The molecule has 0 aromatic heterocycles. The fourth-order valence-electron chi connectivity index (χ4n) is 1.75. The van der Waals surface area contributed by atoms with Crippen LogP contribution in [0.5, 0.6) is 0 Å². The van der Waals surface area contributed by atoms with Crippen molar-refractivity contribution in [3.8, 4) is 0 Å². The van der Waals surface area contributed by atoms with Crippen LogP contribution in [0.2, 0.25) is 0 Å². The number of hydrogen-bond donors (Lipinski definition) is 3. The van der Waals surface area contributed by atoms with Crippen LogP contribution in [0.3, 0.4) is 0 Å². The lowest BCUT2D eigenvalue weighted by atomic mass is 10.0. The molecule has 1 fully saturated rings. The zero-order valence-electron chi connectivity index (χ0n) is 11.2. The Hall–Kier alpha value is -0.300. The van der Waals surface area contributed by atoms with Gasteiger partial charge in [-0.3, -0.25) is 4.79 Å². The molecule has 1 aliphatic rings. The van der Waals surface area contributed by atoms with Crippen molar-refractivity contribution in [1.29, 1.82) is 0 Å². The minimum absolute atomic E-state index is 0.00677. The van der Waals surface area contributed by atoms with E-state index < -0.39 is 5.60 Å². The quantitative estimate of drug-likeness (QED) is 0.610. The average Bonchev–Trinajstić information content (AvgIpc) is 2.36. The van der Waals surface area contributed by atoms with Crippen molar-refractivity contribution in [3.63, 3.8) is 0 Å². The zero-order valence-corrected chi connectivity index (χ0v) is 12.0. The molecular weight excluding hydrogens is 252 g/mol. The van der Waals surface area contributed by atoms with Crippen LogP contribution in [-0.4, -0.2) is 61.0 Å². The molecule has 0 bridgehead atoms. The van der Waals surface area contributed by atoms with Crippen molar-refractivity contribution in [3.05, 3.63) is 0 Å². The van der Waals surface area contributed by atoms with Gasteiger partial charge in [0.1, 0.15) is 0 Å². The molecule has 6 heteroatoms. The maximum Gasteiger partial charge on any atom is 0.221 e. The van der Waals surface area contributed by atoms with Gasteiger partial charge in [-0.2, -0.15) is 11.8 Å². The van der Waals surface area contributed by atoms with Crippen molar-refractivity contribution in [2.45, 2.75) is 31.4 Å². The van der Waals surface area contributed by atoms with E-state index in [2.05, 4.69) is 10.6 Å². The van der Waals surface area contributed by atoms with E-state index in [-0.39, 0.29) is 18.5 Å². The molecule has 0 aromatic rings. The molecule has 1 aliphatic heterocycles. The molecule has 3 N–H and O–H groups in total. The summed E-state index contributed by atoms with van der Waals surface area (Å²) in [5.41, 5.74) is -0.902. The van der Waals surface area contributed by atoms with Crippen LogP contribution in [0.15, 0.2) is 0 Å². The first-order valence-corrected chi connectivity index (χ1v) is 7.48. The van der Waals surface area contributed by atoms with Crippen LogP contribution < -0.4 is 10.6 Å². The van der Waals surface area contributed by atoms with Gasteiger partial charge in [-0.1, -0.05) is 0 Å². The fourth-order valence-corrected chi connectivity index (χ4v) is 2.70. The zero-order chi connectivity index (χ0) is 13.4. The lowest BCUT2D eigenvalue weighted by molar-refractivity contribution is -0.122. The third-order valence-electron chi connectivity index (χ3n) is 2.94. The molecule has 2 unspecified atom stereocenters. The molecule has 18 heavy (non-hydrogen) atoms. The molecule has 1 heterocycles. The topological polar surface area (TPSA) is 70.6 Å². The Bertz CT molecular complexity index is 256. The van der Waals surface area contributed by atoms with Crippen LogP contribution in [0.1, 0.15) is 19.8 Å².